The van der Waals surface area contributed by atoms with E-state index < -0.39 is 0 Å². The topological polar surface area (TPSA) is 98.4 Å². The van der Waals surface area contributed by atoms with Gasteiger partial charge in [0.25, 0.3) is 0 Å². The zero-order valence-electron chi connectivity index (χ0n) is 39.8. The zero-order valence-corrected chi connectivity index (χ0v) is 39.8. The van der Waals surface area contributed by atoms with E-state index in [0.29, 0.717) is 12.8 Å². The Morgan fingerprint density at radius 2 is 0.847 bits per heavy atom. The van der Waals surface area contributed by atoms with Crippen LogP contribution in [0.3, 0.4) is 0 Å². The third-order valence-corrected chi connectivity index (χ3v) is 12.2. The number of unbranched alkanes of at least 4 members (excludes halogenated alkanes) is 23. The molecule has 59 heavy (non-hydrogen) atoms. The van der Waals surface area contributed by atoms with Crippen LogP contribution in [0.5, 0.6) is 0 Å². The lowest BCUT2D eigenvalue weighted by Crippen LogP contribution is -2.58. The van der Waals surface area contributed by atoms with E-state index in [4.69, 9.17) is 19.2 Å². The van der Waals surface area contributed by atoms with E-state index in [1.165, 1.54) is 154 Å². The highest BCUT2D eigenvalue weighted by Gasteiger charge is 2.32. The number of nitrogens with one attached hydrogen (secondary N) is 2. The fourth-order valence-electron chi connectivity index (χ4n) is 8.21. The van der Waals surface area contributed by atoms with Gasteiger partial charge in [-0.25, -0.2) is 9.78 Å². The van der Waals surface area contributed by atoms with Crippen LogP contribution >= 0.6 is 0 Å². The van der Waals surface area contributed by atoms with Crippen molar-refractivity contribution in [2.24, 2.45) is 0 Å². The molecule has 3 atom stereocenters. The second kappa shape index (κ2) is 42.1. The number of nitrogens with zero attached hydrogens (tertiary/aromatic N) is 1. The van der Waals surface area contributed by atoms with Crippen LogP contribution in [-0.2, 0) is 28.8 Å². The number of carbonyl (C=O) groups excluding carboxylic acids is 2. The lowest BCUT2D eigenvalue weighted by atomic mass is 10.0. The summed E-state index contributed by atoms with van der Waals surface area (Å²) in [5.74, 6) is 0.0178. The van der Waals surface area contributed by atoms with Crippen LogP contribution in [0.1, 0.15) is 252 Å². The molecule has 0 bridgehead atoms. The fourth-order valence-corrected chi connectivity index (χ4v) is 8.21. The lowest BCUT2D eigenvalue weighted by molar-refractivity contribution is -0.477. The Bertz CT molecular complexity index is 907. The normalized spacial score (nSPS) is 15.8. The quantitative estimate of drug-likeness (QED) is 0.0353. The number of hydrogen-bond acceptors (Lipinski definition) is 9. The number of esters is 2. The monoisotopic (exact) mass is 838 g/mol. The van der Waals surface area contributed by atoms with Gasteiger partial charge < -0.3 is 14.4 Å². The standard InChI is InChI=1S/C50H99N3O6/c1-6-10-13-16-21-28-36-45(9-4)56-47(54)39-31-24-19-26-33-42-53(44-35-41-52-50-49(51-5)58-59-50)43-34-27-20-25-32-40-48(55)57-46(37-29-22-17-14-11-7-2)38-30-23-18-15-12-8-3/h45-46,49-52H,6-44H2,1-5H3. The summed E-state index contributed by atoms with van der Waals surface area (Å²) in [5, 5.41) is 6.55. The van der Waals surface area contributed by atoms with E-state index in [0.717, 1.165) is 84.0 Å². The van der Waals surface area contributed by atoms with Crippen LogP contribution < -0.4 is 10.6 Å². The molecule has 0 aromatic heterocycles. The Morgan fingerprint density at radius 3 is 1.27 bits per heavy atom. The van der Waals surface area contributed by atoms with Gasteiger partial charge in [-0.05, 0) is 110 Å². The molecule has 2 N–H and O–H groups in total. The van der Waals surface area contributed by atoms with E-state index in [1.54, 1.807) is 0 Å². The van der Waals surface area contributed by atoms with Crippen molar-refractivity contribution < 1.29 is 28.8 Å². The minimum atomic E-state index is -0.0808. The fraction of sp³-hybridized carbons (Fsp3) is 0.960. The van der Waals surface area contributed by atoms with Crippen molar-refractivity contribution in [3.05, 3.63) is 0 Å². The van der Waals surface area contributed by atoms with Gasteiger partial charge >= 0.3 is 11.9 Å². The molecule has 0 spiro atoms. The molecule has 1 heterocycles. The maximum Gasteiger partial charge on any atom is 0.306 e. The van der Waals surface area contributed by atoms with Crippen molar-refractivity contribution >= 4 is 11.9 Å². The van der Waals surface area contributed by atoms with E-state index in [2.05, 4.69) is 43.2 Å². The molecule has 0 amide bonds. The lowest BCUT2D eigenvalue weighted by Gasteiger charge is -2.34. The zero-order chi connectivity index (χ0) is 42.9. The molecule has 1 aliphatic rings. The third-order valence-electron chi connectivity index (χ3n) is 12.2. The summed E-state index contributed by atoms with van der Waals surface area (Å²) in [7, 11) is 1.88. The molecular formula is C50H99N3O6. The van der Waals surface area contributed by atoms with Crippen molar-refractivity contribution in [3.8, 4) is 0 Å². The van der Waals surface area contributed by atoms with Crippen LogP contribution in [0.25, 0.3) is 0 Å². The Morgan fingerprint density at radius 1 is 0.475 bits per heavy atom. The van der Waals surface area contributed by atoms with Gasteiger partial charge in [-0.1, -0.05) is 163 Å². The predicted octanol–water partition coefficient (Wildman–Crippen LogP) is 13.3. The van der Waals surface area contributed by atoms with Crippen LogP contribution in [0.15, 0.2) is 0 Å². The average molecular weight is 838 g/mol. The summed E-state index contributed by atoms with van der Waals surface area (Å²) in [5.41, 5.74) is 0. The second-order valence-corrected chi connectivity index (χ2v) is 17.8. The van der Waals surface area contributed by atoms with Crippen molar-refractivity contribution in [1.29, 1.82) is 0 Å². The maximum absolute atomic E-state index is 12.9. The van der Waals surface area contributed by atoms with Gasteiger partial charge in [0.2, 0.25) is 0 Å². The van der Waals surface area contributed by atoms with Crippen LogP contribution in [0.2, 0.25) is 0 Å². The van der Waals surface area contributed by atoms with E-state index in [1.807, 2.05) is 7.05 Å². The smallest absolute Gasteiger partial charge is 0.306 e. The summed E-state index contributed by atoms with van der Waals surface area (Å²) >= 11 is 0. The molecule has 0 radical (unpaired) electrons. The Labute approximate surface area is 365 Å². The molecule has 9 nitrogen and oxygen atoms in total. The van der Waals surface area contributed by atoms with E-state index >= 15 is 0 Å². The molecule has 9 heteroatoms. The average Bonchev–Trinajstić information content (AvgIpc) is 3.22. The van der Waals surface area contributed by atoms with Crippen LogP contribution in [0, 0.1) is 0 Å². The Kier molecular flexibility index (Phi) is 39.7. The minimum absolute atomic E-state index is 0.00584. The van der Waals surface area contributed by atoms with E-state index in [9.17, 15) is 9.59 Å². The first kappa shape index (κ1) is 55.8. The number of likely N-dealkylation sites (N-methyl/N-ethyl adjacent to an activating group) is 1. The van der Waals surface area contributed by atoms with Crippen molar-refractivity contribution in [1.82, 2.24) is 15.5 Å². The van der Waals surface area contributed by atoms with Gasteiger partial charge in [0, 0.05) is 12.8 Å². The first-order valence-corrected chi connectivity index (χ1v) is 25.8. The van der Waals surface area contributed by atoms with Gasteiger partial charge in [0.05, 0.1) is 0 Å². The van der Waals surface area contributed by atoms with Crippen molar-refractivity contribution in [3.63, 3.8) is 0 Å². The van der Waals surface area contributed by atoms with Gasteiger partial charge in [-0.2, -0.15) is 0 Å². The summed E-state index contributed by atoms with van der Waals surface area (Å²) < 4.78 is 11.9. The summed E-state index contributed by atoms with van der Waals surface area (Å²) in [6, 6.07) is 0. The van der Waals surface area contributed by atoms with Crippen LogP contribution in [-0.4, -0.2) is 74.7 Å². The molecule has 0 aromatic carbocycles. The molecule has 1 aliphatic heterocycles. The molecule has 0 saturated carbocycles. The van der Waals surface area contributed by atoms with Crippen LogP contribution in [0.4, 0.5) is 0 Å². The second-order valence-electron chi connectivity index (χ2n) is 17.8. The highest BCUT2D eigenvalue weighted by atomic mass is 17.3. The first-order chi connectivity index (χ1) is 29.0. The molecule has 0 aromatic rings. The Balaban J connectivity index is 2.32. The molecule has 1 saturated heterocycles. The summed E-state index contributed by atoms with van der Waals surface area (Å²) in [6.07, 6.45) is 40.5. The molecule has 0 aliphatic carbocycles. The number of carbonyl (C=O) groups is 2. The summed E-state index contributed by atoms with van der Waals surface area (Å²) in [6.45, 7) is 13.1. The maximum atomic E-state index is 12.9. The molecular weight excluding hydrogens is 739 g/mol. The largest absolute Gasteiger partial charge is 0.462 e. The van der Waals surface area contributed by atoms with Gasteiger partial charge in [0.15, 0.2) is 12.5 Å². The third kappa shape index (κ3) is 34.0. The molecule has 350 valence electrons. The number of hydrogen-bond donors (Lipinski definition) is 2. The minimum Gasteiger partial charge on any atom is -0.462 e. The van der Waals surface area contributed by atoms with E-state index in [-0.39, 0.29) is 36.6 Å². The van der Waals surface area contributed by atoms with Crippen molar-refractivity contribution in [2.45, 2.75) is 277 Å². The predicted molar refractivity (Wildman–Crippen MR) is 247 cm³/mol. The Hall–Kier alpha value is -1.26. The van der Waals surface area contributed by atoms with Gasteiger partial charge in [-0.3, -0.25) is 20.2 Å². The highest BCUT2D eigenvalue weighted by molar-refractivity contribution is 5.69. The van der Waals surface area contributed by atoms with Crippen molar-refractivity contribution in [2.75, 3.05) is 33.2 Å². The molecule has 1 rings (SSSR count). The highest BCUT2D eigenvalue weighted by Crippen LogP contribution is 2.19. The number of rotatable bonds is 46. The SMILES string of the molecule is CCCCCCCCC(CC)OC(=O)CCCCCCCN(CCCCCCCC(=O)OC(CCCCCCCC)CCCCCCCC)CCCNC1OOC1NC. The van der Waals surface area contributed by atoms with Gasteiger partial charge in [0.1, 0.15) is 12.2 Å². The van der Waals surface area contributed by atoms with Gasteiger partial charge in [-0.15, -0.1) is 0 Å². The summed E-state index contributed by atoms with van der Waals surface area (Å²) in [4.78, 5) is 38.2. The molecule has 1 fully saturated rings. The molecule has 3 unspecified atom stereocenters. The first-order valence-electron chi connectivity index (χ1n) is 25.8. The number of ether oxygens (including phenoxy) is 2.